The van der Waals surface area contributed by atoms with Gasteiger partial charge in [0.2, 0.25) is 0 Å². The summed E-state index contributed by atoms with van der Waals surface area (Å²) in [6, 6.07) is 10.9. The number of rotatable bonds is 3. The third kappa shape index (κ3) is 3.10. The molecule has 0 aromatic heterocycles. The second-order valence-electron chi connectivity index (χ2n) is 3.07. The summed E-state index contributed by atoms with van der Waals surface area (Å²) >= 11 is 0. The van der Waals surface area contributed by atoms with Crippen LogP contribution in [-0.4, -0.2) is 11.8 Å². The minimum absolute atomic E-state index is 0.0381. The molecule has 0 amide bonds. The highest BCUT2D eigenvalue weighted by Crippen LogP contribution is 2.14. The van der Waals surface area contributed by atoms with Crippen molar-refractivity contribution in [2.75, 3.05) is 0 Å². The maximum atomic E-state index is 10.5. The van der Waals surface area contributed by atoms with Crippen LogP contribution < -0.4 is 5.73 Å². The van der Waals surface area contributed by atoms with Gasteiger partial charge in [0.25, 0.3) is 0 Å². The summed E-state index contributed by atoms with van der Waals surface area (Å²) in [7, 11) is 0. The highest BCUT2D eigenvalue weighted by molar-refractivity contribution is 5.90. The lowest BCUT2D eigenvalue weighted by molar-refractivity contribution is -0.140. The van der Waals surface area contributed by atoms with E-state index in [0.29, 0.717) is 5.56 Å². The van der Waals surface area contributed by atoms with Gasteiger partial charge < -0.3 is 10.6 Å². The molecule has 1 aromatic carbocycles. The number of oxime groups is 1. The van der Waals surface area contributed by atoms with Gasteiger partial charge in [-0.3, -0.25) is 0 Å². The van der Waals surface area contributed by atoms with Crippen molar-refractivity contribution in [3.63, 3.8) is 0 Å². The molecule has 1 unspecified atom stereocenters. The van der Waals surface area contributed by atoms with Crippen molar-refractivity contribution in [3.8, 4) is 6.07 Å². The molecule has 0 saturated heterocycles. The molecule has 5 heteroatoms. The van der Waals surface area contributed by atoms with Gasteiger partial charge in [0, 0.05) is 6.92 Å². The van der Waals surface area contributed by atoms with Crippen LogP contribution in [0.2, 0.25) is 0 Å². The van der Waals surface area contributed by atoms with Gasteiger partial charge >= 0.3 is 5.97 Å². The number of carbonyl (C=O) groups is 1. The van der Waals surface area contributed by atoms with Gasteiger partial charge in [-0.15, -0.1) is 0 Å². The summed E-state index contributed by atoms with van der Waals surface area (Å²) in [5.41, 5.74) is 6.27. The first-order chi connectivity index (χ1) is 7.65. The zero-order valence-electron chi connectivity index (χ0n) is 8.75. The summed E-state index contributed by atoms with van der Waals surface area (Å²) < 4.78 is 0. The predicted molar refractivity (Wildman–Crippen MR) is 58.2 cm³/mol. The number of nitrogens with zero attached hydrogens (tertiary/aromatic N) is 2. The molecule has 0 fully saturated rings. The predicted octanol–water partition coefficient (Wildman–Crippen LogP) is 1.13. The van der Waals surface area contributed by atoms with E-state index in [4.69, 9.17) is 11.0 Å². The van der Waals surface area contributed by atoms with E-state index in [1.165, 1.54) is 6.92 Å². The lowest BCUT2D eigenvalue weighted by Gasteiger charge is -2.07. The molecule has 0 saturated carbocycles. The maximum absolute atomic E-state index is 10.5. The lowest BCUT2D eigenvalue weighted by Crippen LogP contribution is -2.21. The van der Waals surface area contributed by atoms with E-state index in [0.717, 1.165) is 0 Å². The number of nitriles is 1. The van der Waals surface area contributed by atoms with Crippen molar-refractivity contribution in [1.29, 1.82) is 5.26 Å². The summed E-state index contributed by atoms with van der Waals surface area (Å²) in [5.74, 6) is -1.32. The summed E-state index contributed by atoms with van der Waals surface area (Å²) in [4.78, 5) is 14.9. The highest BCUT2D eigenvalue weighted by Gasteiger charge is 2.15. The fourth-order valence-electron chi connectivity index (χ4n) is 1.13. The molecule has 1 rings (SSSR count). The first kappa shape index (κ1) is 11.7. The number of amidine groups is 1. The van der Waals surface area contributed by atoms with Gasteiger partial charge in [-0.1, -0.05) is 35.5 Å². The molecule has 0 aliphatic rings. The average molecular weight is 217 g/mol. The summed E-state index contributed by atoms with van der Waals surface area (Å²) in [5, 5.41) is 12.4. The fraction of sp³-hybridized carbons (Fsp3) is 0.182. The van der Waals surface area contributed by atoms with Crippen LogP contribution in [-0.2, 0) is 9.63 Å². The Bertz CT molecular complexity index is 434. The van der Waals surface area contributed by atoms with E-state index in [9.17, 15) is 4.79 Å². The number of nitrogens with two attached hydrogens (primary N) is 1. The highest BCUT2D eigenvalue weighted by atomic mass is 16.7. The Morgan fingerprint density at radius 2 is 2.12 bits per heavy atom. The van der Waals surface area contributed by atoms with Crippen LogP contribution in [0.15, 0.2) is 35.5 Å². The molecular weight excluding hydrogens is 206 g/mol. The number of benzene rings is 1. The van der Waals surface area contributed by atoms with Crippen molar-refractivity contribution in [1.82, 2.24) is 0 Å². The number of carbonyl (C=O) groups excluding carboxylic acids is 1. The zero-order valence-corrected chi connectivity index (χ0v) is 8.75. The van der Waals surface area contributed by atoms with Gasteiger partial charge in [-0.25, -0.2) is 4.79 Å². The second kappa shape index (κ2) is 5.51. The molecule has 1 atom stereocenters. The molecule has 0 spiro atoms. The third-order valence-corrected chi connectivity index (χ3v) is 1.84. The first-order valence-corrected chi connectivity index (χ1v) is 4.60. The van der Waals surface area contributed by atoms with Crippen LogP contribution >= 0.6 is 0 Å². The van der Waals surface area contributed by atoms with E-state index < -0.39 is 11.9 Å². The number of hydrogen-bond acceptors (Lipinski definition) is 4. The van der Waals surface area contributed by atoms with E-state index in [1.807, 2.05) is 12.1 Å². The molecule has 0 bridgehead atoms. The van der Waals surface area contributed by atoms with Crippen LogP contribution in [0.5, 0.6) is 0 Å². The Morgan fingerprint density at radius 1 is 1.50 bits per heavy atom. The molecule has 2 N–H and O–H groups in total. The number of hydrogen-bond donors (Lipinski definition) is 1. The Balaban J connectivity index is 2.88. The van der Waals surface area contributed by atoms with Crippen molar-refractivity contribution >= 4 is 11.8 Å². The fourth-order valence-corrected chi connectivity index (χ4v) is 1.13. The van der Waals surface area contributed by atoms with Gasteiger partial charge in [0.1, 0.15) is 5.92 Å². The molecular formula is C11H11N3O2. The standard InChI is InChI=1S/C11H11N3O2/c1-8(15)16-14-11(13)10(7-12)9-5-3-2-4-6-9/h2-6,10H,1H3,(H2,13,14). The molecule has 0 aliphatic heterocycles. The molecule has 0 aliphatic carbocycles. The van der Waals surface area contributed by atoms with Crippen molar-refractivity contribution < 1.29 is 9.63 Å². The molecule has 82 valence electrons. The average Bonchev–Trinajstić information content (AvgIpc) is 2.29. The normalized spacial score (nSPS) is 12.6. The van der Waals surface area contributed by atoms with E-state index in [1.54, 1.807) is 24.3 Å². The third-order valence-electron chi connectivity index (χ3n) is 1.84. The van der Waals surface area contributed by atoms with E-state index >= 15 is 0 Å². The zero-order chi connectivity index (χ0) is 12.0. The van der Waals surface area contributed by atoms with Crippen molar-refractivity contribution in [3.05, 3.63) is 35.9 Å². The van der Waals surface area contributed by atoms with Crippen LogP contribution in [0.4, 0.5) is 0 Å². The van der Waals surface area contributed by atoms with E-state index in [2.05, 4.69) is 9.99 Å². The summed E-state index contributed by atoms with van der Waals surface area (Å²) in [6.07, 6.45) is 0. The van der Waals surface area contributed by atoms with Crippen molar-refractivity contribution in [2.24, 2.45) is 10.9 Å². The smallest absolute Gasteiger partial charge is 0.332 e. The Hall–Kier alpha value is -2.35. The van der Waals surface area contributed by atoms with Crippen LogP contribution in [0.25, 0.3) is 0 Å². The maximum Gasteiger partial charge on any atom is 0.332 e. The minimum Gasteiger partial charge on any atom is -0.383 e. The molecule has 16 heavy (non-hydrogen) atoms. The first-order valence-electron chi connectivity index (χ1n) is 4.60. The van der Waals surface area contributed by atoms with Gasteiger partial charge in [-0.2, -0.15) is 5.26 Å². The monoisotopic (exact) mass is 217 g/mol. The van der Waals surface area contributed by atoms with Gasteiger partial charge in [0.15, 0.2) is 5.84 Å². The molecule has 0 radical (unpaired) electrons. The Kier molecular flexibility index (Phi) is 4.04. The quantitative estimate of drug-likeness (QED) is 0.355. The molecule has 0 heterocycles. The van der Waals surface area contributed by atoms with Crippen LogP contribution in [0.3, 0.4) is 0 Å². The second-order valence-corrected chi connectivity index (χ2v) is 3.07. The Labute approximate surface area is 93.1 Å². The van der Waals surface area contributed by atoms with E-state index in [-0.39, 0.29) is 5.84 Å². The van der Waals surface area contributed by atoms with Crippen LogP contribution in [0, 0.1) is 11.3 Å². The summed E-state index contributed by atoms with van der Waals surface area (Å²) in [6.45, 7) is 1.21. The Morgan fingerprint density at radius 3 is 2.62 bits per heavy atom. The van der Waals surface area contributed by atoms with Gasteiger partial charge in [-0.05, 0) is 5.56 Å². The molecule has 1 aromatic rings. The van der Waals surface area contributed by atoms with Crippen LogP contribution in [0.1, 0.15) is 18.4 Å². The topological polar surface area (TPSA) is 88.5 Å². The van der Waals surface area contributed by atoms with Gasteiger partial charge in [0.05, 0.1) is 6.07 Å². The lowest BCUT2D eigenvalue weighted by atomic mass is 10.00. The minimum atomic E-state index is -0.708. The largest absolute Gasteiger partial charge is 0.383 e. The molecule has 5 nitrogen and oxygen atoms in total. The van der Waals surface area contributed by atoms with Crippen molar-refractivity contribution in [2.45, 2.75) is 12.8 Å². The SMILES string of the molecule is CC(=O)O/N=C(\N)C(C#N)c1ccccc1.